The van der Waals surface area contributed by atoms with Crippen LogP contribution < -0.4 is 5.32 Å². The van der Waals surface area contributed by atoms with Crippen LogP contribution in [0.15, 0.2) is 6.33 Å². The van der Waals surface area contributed by atoms with Crippen LogP contribution in [-0.2, 0) is 0 Å². The van der Waals surface area contributed by atoms with Gasteiger partial charge < -0.3 is 5.32 Å². The second-order valence-corrected chi connectivity index (χ2v) is 4.75. The third kappa shape index (κ3) is 3.64. The van der Waals surface area contributed by atoms with Crippen LogP contribution in [0.5, 0.6) is 0 Å². The van der Waals surface area contributed by atoms with Gasteiger partial charge in [0, 0.05) is 6.54 Å². The molecule has 1 heterocycles. The van der Waals surface area contributed by atoms with Crippen molar-refractivity contribution in [3.05, 3.63) is 17.0 Å². The highest BCUT2D eigenvalue weighted by Crippen LogP contribution is 2.17. The summed E-state index contributed by atoms with van der Waals surface area (Å²) in [7, 11) is 0. The van der Waals surface area contributed by atoms with Crippen LogP contribution in [0, 0.1) is 5.92 Å². The Hall–Kier alpha value is -0.810. The average Bonchev–Trinajstić information content (AvgIpc) is 2.27. The van der Waals surface area contributed by atoms with E-state index in [9.17, 15) is 4.79 Å². The standard InChI is InChI=1S/C10H14ClN3OS/c1-7(5-16-2)3-12-10-8(4-15)9(11)13-6-14-10/h4,6-7H,3,5H2,1-2H3,(H,12,13,14). The van der Waals surface area contributed by atoms with Gasteiger partial charge in [0.1, 0.15) is 17.3 Å². The largest absolute Gasteiger partial charge is 0.369 e. The van der Waals surface area contributed by atoms with Crippen LogP contribution in [0.2, 0.25) is 5.15 Å². The number of halogens is 1. The molecule has 1 unspecified atom stereocenters. The van der Waals surface area contributed by atoms with Gasteiger partial charge in [-0.15, -0.1) is 0 Å². The molecule has 0 aromatic carbocycles. The number of aromatic nitrogens is 2. The van der Waals surface area contributed by atoms with Gasteiger partial charge in [-0.3, -0.25) is 4.79 Å². The predicted octanol–water partition coefficient (Wildman–Crippen LogP) is 2.35. The Balaban J connectivity index is 2.66. The first-order valence-corrected chi connectivity index (χ1v) is 6.64. The lowest BCUT2D eigenvalue weighted by Gasteiger charge is -2.12. The van der Waals surface area contributed by atoms with Crippen molar-refractivity contribution in [2.75, 3.05) is 23.9 Å². The van der Waals surface area contributed by atoms with Crippen molar-refractivity contribution in [1.82, 2.24) is 9.97 Å². The molecule has 1 aromatic rings. The van der Waals surface area contributed by atoms with E-state index in [1.54, 1.807) is 11.8 Å². The molecule has 4 nitrogen and oxygen atoms in total. The van der Waals surface area contributed by atoms with Crippen LogP contribution in [0.3, 0.4) is 0 Å². The van der Waals surface area contributed by atoms with Crippen molar-refractivity contribution >= 4 is 35.5 Å². The highest BCUT2D eigenvalue weighted by Gasteiger charge is 2.09. The lowest BCUT2D eigenvalue weighted by molar-refractivity contribution is 0.112. The summed E-state index contributed by atoms with van der Waals surface area (Å²) in [6.07, 6.45) is 4.08. The second-order valence-electron chi connectivity index (χ2n) is 3.49. The number of rotatable bonds is 6. The Morgan fingerprint density at radius 2 is 2.38 bits per heavy atom. The van der Waals surface area contributed by atoms with Gasteiger partial charge in [-0.25, -0.2) is 9.97 Å². The van der Waals surface area contributed by atoms with E-state index in [0.29, 0.717) is 23.6 Å². The number of thioether (sulfide) groups is 1. The number of hydrogen-bond acceptors (Lipinski definition) is 5. The van der Waals surface area contributed by atoms with Crippen LogP contribution in [-0.4, -0.2) is 34.8 Å². The molecule has 1 aromatic heterocycles. The van der Waals surface area contributed by atoms with Crippen LogP contribution in [0.1, 0.15) is 17.3 Å². The van der Waals surface area contributed by atoms with Crippen molar-refractivity contribution in [2.24, 2.45) is 5.92 Å². The summed E-state index contributed by atoms with van der Waals surface area (Å²) in [5.41, 5.74) is 0.320. The SMILES string of the molecule is CSCC(C)CNc1ncnc(Cl)c1C=O. The maximum atomic E-state index is 10.8. The molecule has 1 N–H and O–H groups in total. The maximum absolute atomic E-state index is 10.8. The average molecular weight is 260 g/mol. The van der Waals surface area contributed by atoms with E-state index < -0.39 is 0 Å². The lowest BCUT2D eigenvalue weighted by atomic mass is 10.2. The molecule has 0 saturated carbocycles. The maximum Gasteiger partial charge on any atom is 0.156 e. The molecule has 0 fully saturated rings. The van der Waals surface area contributed by atoms with Gasteiger partial charge in [-0.05, 0) is 17.9 Å². The number of nitrogens with one attached hydrogen (secondary N) is 1. The first-order valence-electron chi connectivity index (χ1n) is 4.87. The molecule has 0 aliphatic carbocycles. The summed E-state index contributed by atoms with van der Waals surface area (Å²) in [6, 6.07) is 0. The van der Waals surface area contributed by atoms with E-state index >= 15 is 0 Å². The number of hydrogen-bond donors (Lipinski definition) is 1. The number of carbonyl (C=O) groups is 1. The summed E-state index contributed by atoms with van der Waals surface area (Å²) in [4.78, 5) is 18.6. The second kappa shape index (κ2) is 6.70. The number of aldehydes is 1. The zero-order chi connectivity index (χ0) is 12.0. The van der Waals surface area contributed by atoms with Crippen LogP contribution in [0.4, 0.5) is 5.82 Å². The molecule has 0 bridgehead atoms. The van der Waals surface area contributed by atoms with E-state index in [1.165, 1.54) is 6.33 Å². The Morgan fingerprint density at radius 3 is 3.00 bits per heavy atom. The molecule has 88 valence electrons. The zero-order valence-corrected chi connectivity index (χ0v) is 10.8. The molecule has 0 amide bonds. The highest BCUT2D eigenvalue weighted by atomic mass is 35.5. The molecule has 1 rings (SSSR count). The van der Waals surface area contributed by atoms with Crippen molar-refractivity contribution in [2.45, 2.75) is 6.92 Å². The quantitative estimate of drug-likeness (QED) is 0.628. The van der Waals surface area contributed by atoms with Crippen molar-refractivity contribution in [1.29, 1.82) is 0 Å². The number of carbonyl (C=O) groups excluding carboxylic acids is 1. The Kier molecular flexibility index (Phi) is 5.55. The first kappa shape index (κ1) is 13.3. The summed E-state index contributed by atoms with van der Waals surface area (Å²) < 4.78 is 0. The minimum absolute atomic E-state index is 0.185. The Labute approximate surface area is 104 Å². The Morgan fingerprint density at radius 1 is 1.62 bits per heavy atom. The topological polar surface area (TPSA) is 54.9 Å². The number of anilines is 1. The van der Waals surface area contributed by atoms with E-state index in [0.717, 1.165) is 12.3 Å². The molecule has 0 aliphatic rings. The summed E-state index contributed by atoms with van der Waals surface area (Å²) in [5.74, 6) is 2.06. The predicted molar refractivity (Wildman–Crippen MR) is 68.5 cm³/mol. The van der Waals surface area contributed by atoms with Crippen molar-refractivity contribution in [3.8, 4) is 0 Å². The third-order valence-corrected chi connectivity index (χ3v) is 3.23. The highest BCUT2D eigenvalue weighted by molar-refractivity contribution is 7.98. The summed E-state index contributed by atoms with van der Waals surface area (Å²) in [5, 5.41) is 3.29. The number of nitrogens with zero attached hydrogens (tertiary/aromatic N) is 2. The van der Waals surface area contributed by atoms with Gasteiger partial charge >= 0.3 is 0 Å². The van der Waals surface area contributed by atoms with Crippen molar-refractivity contribution in [3.63, 3.8) is 0 Å². The fraction of sp³-hybridized carbons (Fsp3) is 0.500. The fourth-order valence-corrected chi connectivity index (χ4v) is 2.10. The smallest absolute Gasteiger partial charge is 0.156 e. The van der Waals surface area contributed by atoms with Gasteiger partial charge in [0.2, 0.25) is 0 Å². The van der Waals surface area contributed by atoms with E-state index in [4.69, 9.17) is 11.6 Å². The van der Waals surface area contributed by atoms with E-state index in [1.807, 2.05) is 0 Å². The molecular formula is C10H14ClN3OS. The van der Waals surface area contributed by atoms with E-state index in [2.05, 4.69) is 28.5 Å². The summed E-state index contributed by atoms with van der Waals surface area (Å²) in [6.45, 7) is 2.89. The van der Waals surface area contributed by atoms with Gasteiger partial charge in [0.05, 0.1) is 5.56 Å². The molecule has 0 radical (unpaired) electrons. The minimum Gasteiger partial charge on any atom is -0.369 e. The van der Waals surface area contributed by atoms with Crippen molar-refractivity contribution < 1.29 is 4.79 Å². The van der Waals surface area contributed by atoms with Gasteiger partial charge in [0.25, 0.3) is 0 Å². The third-order valence-electron chi connectivity index (χ3n) is 2.02. The van der Waals surface area contributed by atoms with Crippen LogP contribution in [0.25, 0.3) is 0 Å². The van der Waals surface area contributed by atoms with E-state index in [-0.39, 0.29) is 5.15 Å². The zero-order valence-electron chi connectivity index (χ0n) is 9.24. The Bertz CT molecular complexity index is 362. The lowest BCUT2D eigenvalue weighted by Crippen LogP contribution is -2.15. The molecule has 6 heteroatoms. The molecule has 16 heavy (non-hydrogen) atoms. The molecule has 0 spiro atoms. The van der Waals surface area contributed by atoms with Gasteiger partial charge in [-0.2, -0.15) is 11.8 Å². The van der Waals surface area contributed by atoms with Gasteiger partial charge in [-0.1, -0.05) is 18.5 Å². The monoisotopic (exact) mass is 259 g/mol. The van der Waals surface area contributed by atoms with Gasteiger partial charge in [0.15, 0.2) is 6.29 Å². The fourth-order valence-electron chi connectivity index (χ4n) is 1.23. The van der Waals surface area contributed by atoms with Crippen LogP contribution >= 0.6 is 23.4 Å². The summed E-state index contributed by atoms with van der Waals surface area (Å²) >= 11 is 7.57. The first-order chi connectivity index (χ1) is 7.69. The normalized spacial score (nSPS) is 12.2. The minimum atomic E-state index is 0.185. The molecular weight excluding hydrogens is 246 g/mol. The molecule has 0 saturated heterocycles. The molecule has 0 aliphatic heterocycles. The molecule has 1 atom stereocenters.